The van der Waals surface area contributed by atoms with Gasteiger partial charge in [-0.2, -0.15) is 0 Å². The molecule has 0 fully saturated rings. The van der Waals surface area contributed by atoms with E-state index in [-0.39, 0.29) is 12.2 Å². The number of fused-ring (bicyclic) bond motifs is 1. The summed E-state index contributed by atoms with van der Waals surface area (Å²) in [4.78, 5) is 0. The molecule has 88 valence electrons. The van der Waals surface area contributed by atoms with Crippen molar-refractivity contribution in [2.75, 3.05) is 0 Å². The molecule has 2 nitrogen and oxygen atoms in total. The quantitative estimate of drug-likeness (QED) is 0.821. The number of benzene rings is 1. The monoisotopic (exact) mass is 220 g/mol. The minimum absolute atomic E-state index is 0.260. The lowest BCUT2D eigenvalue weighted by Gasteiger charge is -2.30. The Balaban J connectivity index is 2.06. The average molecular weight is 220 g/mol. The number of aliphatic hydroxyl groups is 2. The van der Waals surface area contributed by atoms with Gasteiger partial charge in [0.25, 0.3) is 0 Å². The fourth-order valence-corrected chi connectivity index (χ4v) is 2.56. The topological polar surface area (TPSA) is 40.5 Å². The van der Waals surface area contributed by atoms with Crippen LogP contribution in [-0.4, -0.2) is 16.3 Å². The number of rotatable bonds is 3. The van der Waals surface area contributed by atoms with Crippen LogP contribution in [0.15, 0.2) is 24.3 Å². The van der Waals surface area contributed by atoms with Crippen LogP contribution in [0.2, 0.25) is 0 Å². The van der Waals surface area contributed by atoms with Crippen LogP contribution in [-0.2, 0) is 6.42 Å². The molecule has 0 aliphatic heterocycles. The van der Waals surface area contributed by atoms with Crippen molar-refractivity contribution in [3.05, 3.63) is 35.4 Å². The van der Waals surface area contributed by atoms with Crippen molar-refractivity contribution in [2.45, 2.75) is 44.8 Å². The maximum absolute atomic E-state index is 10.3. The summed E-state index contributed by atoms with van der Waals surface area (Å²) >= 11 is 0. The summed E-state index contributed by atoms with van der Waals surface area (Å²) in [5.74, 6) is 0.310. The minimum Gasteiger partial charge on any atom is -0.393 e. The molecule has 2 N–H and O–H groups in total. The third kappa shape index (κ3) is 2.45. The first-order valence-corrected chi connectivity index (χ1v) is 6.12. The van der Waals surface area contributed by atoms with Crippen molar-refractivity contribution in [1.82, 2.24) is 0 Å². The largest absolute Gasteiger partial charge is 0.393 e. The van der Waals surface area contributed by atoms with Crippen molar-refractivity contribution in [3.63, 3.8) is 0 Å². The molecule has 16 heavy (non-hydrogen) atoms. The number of hydrogen-bond donors (Lipinski definition) is 2. The summed E-state index contributed by atoms with van der Waals surface area (Å²) in [6.07, 6.45) is 3.17. The Hall–Kier alpha value is -0.860. The Morgan fingerprint density at radius 2 is 2.12 bits per heavy atom. The lowest BCUT2D eigenvalue weighted by molar-refractivity contribution is 0.0759. The van der Waals surface area contributed by atoms with Gasteiger partial charge in [-0.05, 0) is 49.7 Å². The fraction of sp³-hybridized carbons (Fsp3) is 0.571. The molecule has 0 aromatic heterocycles. The van der Waals surface area contributed by atoms with Crippen LogP contribution in [0.4, 0.5) is 0 Å². The number of hydrogen-bond acceptors (Lipinski definition) is 2. The van der Waals surface area contributed by atoms with Gasteiger partial charge in [-0.1, -0.05) is 24.3 Å². The molecule has 0 heterocycles. The van der Waals surface area contributed by atoms with E-state index in [1.165, 1.54) is 5.56 Å². The van der Waals surface area contributed by atoms with Crippen LogP contribution in [0.3, 0.4) is 0 Å². The van der Waals surface area contributed by atoms with Crippen LogP contribution in [0.25, 0.3) is 0 Å². The third-order valence-electron chi connectivity index (χ3n) is 3.56. The van der Waals surface area contributed by atoms with Gasteiger partial charge in [0.1, 0.15) is 0 Å². The van der Waals surface area contributed by atoms with Crippen LogP contribution >= 0.6 is 0 Å². The van der Waals surface area contributed by atoms with Crippen LogP contribution < -0.4 is 0 Å². The van der Waals surface area contributed by atoms with E-state index in [2.05, 4.69) is 6.07 Å². The first kappa shape index (κ1) is 11.6. The summed E-state index contributed by atoms with van der Waals surface area (Å²) < 4.78 is 0. The van der Waals surface area contributed by atoms with E-state index in [9.17, 15) is 10.2 Å². The van der Waals surface area contributed by atoms with Crippen molar-refractivity contribution in [1.29, 1.82) is 0 Å². The third-order valence-corrected chi connectivity index (χ3v) is 3.56. The maximum atomic E-state index is 10.3. The molecule has 0 bridgehead atoms. The van der Waals surface area contributed by atoms with Gasteiger partial charge in [-0.15, -0.1) is 0 Å². The number of aliphatic hydroxyl groups excluding tert-OH is 2. The molecule has 1 aliphatic carbocycles. The molecule has 3 atom stereocenters. The van der Waals surface area contributed by atoms with E-state index in [4.69, 9.17) is 0 Å². The van der Waals surface area contributed by atoms with Gasteiger partial charge in [0.2, 0.25) is 0 Å². The second-order valence-corrected chi connectivity index (χ2v) is 4.87. The van der Waals surface area contributed by atoms with Crippen molar-refractivity contribution >= 4 is 0 Å². The molecule has 1 aliphatic rings. The predicted molar refractivity (Wildman–Crippen MR) is 64.1 cm³/mol. The molecule has 1 aromatic rings. The first-order chi connectivity index (χ1) is 7.68. The summed E-state index contributed by atoms with van der Waals surface area (Å²) in [7, 11) is 0. The van der Waals surface area contributed by atoms with E-state index in [0.29, 0.717) is 5.92 Å². The zero-order valence-corrected chi connectivity index (χ0v) is 9.76. The van der Waals surface area contributed by atoms with E-state index >= 15 is 0 Å². The van der Waals surface area contributed by atoms with E-state index in [0.717, 1.165) is 31.2 Å². The lowest BCUT2D eigenvalue weighted by Crippen LogP contribution is -2.21. The molecule has 0 radical (unpaired) electrons. The molecule has 0 spiro atoms. The zero-order valence-electron chi connectivity index (χ0n) is 9.76. The van der Waals surface area contributed by atoms with Crippen molar-refractivity contribution < 1.29 is 10.2 Å². The van der Waals surface area contributed by atoms with E-state index < -0.39 is 0 Å². The van der Waals surface area contributed by atoms with Crippen LogP contribution in [0.5, 0.6) is 0 Å². The summed E-state index contributed by atoms with van der Waals surface area (Å²) in [6, 6.07) is 8.14. The standard InChI is InChI=1S/C14H20O2/c1-10(15)6-7-12-9-8-11-4-2-3-5-13(11)14(12)16/h2-5,10,12,14-16H,6-9H2,1H3. The van der Waals surface area contributed by atoms with Gasteiger partial charge in [0.15, 0.2) is 0 Å². The van der Waals surface area contributed by atoms with Crippen molar-refractivity contribution in [3.8, 4) is 0 Å². The van der Waals surface area contributed by atoms with Gasteiger partial charge in [-0.25, -0.2) is 0 Å². The molecule has 0 amide bonds. The average Bonchev–Trinajstić information content (AvgIpc) is 2.28. The molecule has 1 aromatic carbocycles. The highest BCUT2D eigenvalue weighted by atomic mass is 16.3. The maximum Gasteiger partial charge on any atom is 0.0820 e. The Bertz CT molecular complexity index is 346. The molecule has 0 saturated carbocycles. The molecule has 0 saturated heterocycles. The molecule has 3 unspecified atom stereocenters. The Labute approximate surface area is 96.9 Å². The van der Waals surface area contributed by atoms with Crippen LogP contribution in [0, 0.1) is 5.92 Å². The highest BCUT2D eigenvalue weighted by Gasteiger charge is 2.27. The summed E-state index contributed by atoms with van der Waals surface area (Å²) in [6.45, 7) is 1.81. The normalized spacial score (nSPS) is 26.2. The zero-order chi connectivity index (χ0) is 11.5. The second kappa shape index (κ2) is 4.98. The van der Waals surface area contributed by atoms with Gasteiger partial charge >= 0.3 is 0 Å². The van der Waals surface area contributed by atoms with E-state index in [1.807, 2.05) is 25.1 Å². The molecule has 2 rings (SSSR count). The van der Waals surface area contributed by atoms with Gasteiger partial charge < -0.3 is 10.2 Å². The number of aryl methyl sites for hydroxylation is 1. The second-order valence-electron chi connectivity index (χ2n) is 4.87. The highest BCUT2D eigenvalue weighted by molar-refractivity contribution is 5.31. The minimum atomic E-state index is -0.344. The smallest absolute Gasteiger partial charge is 0.0820 e. The molecule has 2 heteroatoms. The van der Waals surface area contributed by atoms with E-state index in [1.54, 1.807) is 0 Å². The predicted octanol–water partition coefficient (Wildman–Crippen LogP) is 2.44. The Kier molecular flexibility index (Phi) is 3.62. The lowest BCUT2D eigenvalue weighted by atomic mass is 9.79. The first-order valence-electron chi connectivity index (χ1n) is 6.12. The van der Waals surface area contributed by atoms with Crippen LogP contribution in [0.1, 0.15) is 43.4 Å². The molecular formula is C14H20O2. The Morgan fingerprint density at radius 1 is 1.38 bits per heavy atom. The Morgan fingerprint density at radius 3 is 2.88 bits per heavy atom. The van der Waals surface area contributed by atoms with Gasteiger partial charge in [0.05, 0.1) is 12.2 Å². The molecular weight excluding hydrogens is 200 g/mol. The highest BCUT2D eigenvalue weighted by Crippen LogP contribution is 2.36. The van der Waals surface area contributed by atoms with Gasteiger partial charge in [0, 0.05) is 0 Å². The van der Waals surface area contributed by atoms with Gasteiger partial charge in [-0.3, -0.25) is 0 Å². The fourth-order valence-electron chi connectivity index (χ4n) is 2.56. The van der Waals surface area contributed by atoms with Crippen molar-refractivity contribution in [2.24, 2.45) is 5.92 Å². The summed E-state index contributed by atoms with van der Waals surface area (Å²) in [5, 5.41) is 19.5. The SMILES string of the molecule is CC(O)CCC1CCc2ccccc2C1O. The summed E-state index contributed by atoms with van der Waals surface area (Å²) in [5.41, 5.74) is 2.37.